The smallest absolute Gasteiger partial charge is 0.317 e. The summed E-state index contributed by atoms with van der Waals surface area (Å²) in [5.74, 6) is -0.237. The lowest BCUT2D eigenvalue weighted by atomic mass is 10.1. The molecule has 2 amide bonds. The quantitative estimate of drug-likeness (QED) is 0.911. The highest BCUT2D eigenvalue weighted by Gasteiger charge is 2.22. The Morgan fingerprint density at radius 1 is 1.04 bits per heavy atom. The van der Waals surface area contributed by atoms with Gasteiger partial charge in [0.25, 0.3) is 0 Å². The molecule has 1 saturated heterocycles. The van der Waals surface area contributed by atoms with Gasteiger partial charge in [0.15, 0.2) is 0 Å². The van der Waals surface area contributed by atoms with Gasteiger partial charge in [-0.2, -0.15) is 0 Å². The van der Waals surface area contributed by atoms with Crippen molar-refractivity contribution in [3.05, 3.63) is 65.0 Å². The molecular formula is C21H26FN3O. The number of urea groups is 1. The first-order chi connectivity index (χ1) is 12.5. The van der Waals surface area contributed by atoms with Gasteiger partial charge in [0.1, 0.15) is 5.82 Å². The molecule has 2 aromatic rings. The van der Waals surface area contributed by atoms with Crippen molar-refractivity contribution in [2.45, 2.75) is 20.3 Å². The fourth-order valence-corrected chi connectivity index (χ4v) is 3.31. The summed E-state index contributed by atoms with van der Waals surface area (Å²) in [6, 6.07) is 12.8. The Morgan fingerprint density at radius 3 is 2.42 bits per heavy atom. The van der Waals surface area contributed by atoms with Crippen LogP contribution in [0.1, 0.15) is 16.7 Å². The van der Waals surface area contributed by atoms with Crippen molar-refractivity contribution < 1.29 is 9.18 Å². The first kappa shape index (κ1) is 18.2. The molecule has 1 N–H and O–H groups in total. The average Bonchev–Trinajstić information content (AvgIpc) is 2.66. The Labute approximate surface area is 154 Å². The third-order valence-electron chi connectivity index (χ3n) is 5.09. The minimum atomic E-state index is -0.237. The van der Waals surface area contributed by atoms with E-state index in [1.165, 1.54) is 28.9 Å². The standard InChI is InChI=1S/C21H26FN3O/c1-16-4-3-5-20(17(16)2)24-12-14-25(15-13-24)21(26)23-11-10-18-6-8-19(22)9-7-18/h3-9H,10-15H2,1-2H3,(H,23,26). The molecule has 1 heterocycles. The van der Waals surface area contributed by atoms with E-state index >= 15 is 0 Å². The molecule has 1 fully saturated rings. The highest BCUT2D eigenvalue weighted by atomic mass is 19.1. The molecule has 5 heteroatoms. The largest absolute Gasteiger partial charge is 0.368 e. The molecule has 0 bridgehead atoms. The molecule has 0 spiro atoms. The average molecular weight is 355 g/mol. The molecular weight excluding hydrogens is 329 g/mol. The number of nitrogens with zero attached hydrogens (tertiary/aromatic N) is 2. The topological polar surface area (TPSA) is 35.6 Å². The van der Waals surface area contributed by atoms with E-state index in [0.717, 1.165) is 31.7 Å². The van der Waals surface area contributed by atoms with E-state index in [-0.39, 0.29) is 11.8 Å². The third kappa shape index (κ3) is 4.34. The number of nitrogens with one attached hydrogen (secondary N) is 1. The van der Waals surface area contributed by atoms with Gasteiger partial charge in [0.05, 0.1) is 0 Å². The molecule has 26 heavy (non-hydrogen) atoms. The molecule has 0 radical (unpaired) electrons. The number of aryl methyl sites for hydroxylation is 1. The lowest BCUT2D eigenvalue weighted by Crippen LogP contribution is -2.52. The van der Waals surface area contributed by atoms with Crippen molar-refractivity contribution in [3.63, 3.8) is 0 Å². The van der Waals surface area contributed by atoms with E-state index in [1.54, 1.807) is 12.1 Å². The van der Waals surface area contributed by atoms with Gasteiger partial charge in [-0.05, 0) is 55.2 Å². The molecule has 0 aromatic heterocycles. The number of carbonyl (C=O) groups is 1. The van der Waals surface area contributed by atoms with Crippen molar-refractivity contribution in [2.75, 3.05) is 37.6 Å². The SMILES string of the molecule is Cc1cccc(N2CCN(C(=O)NCCc3ccc(F)cc3)CC2)c1C. The predicted molar refractivity (Wildman–Crippen MR) is 103 cm³/mol. The fraction of sp³-hybridized carbons (Fsp3) is 0.381. The van der Waals surface area contributed by atoms with Crippen LogP contribution in [0, 0.1) is 19.7 Å². The summed E-state index contributed by atoms with van der Waals surface area (Å²) in [4.78, 5) is 16.6. The van der Waals surface area contributed by atoms with Crippen molar-refractivity contribution in [1.82, 2.24) is 10.2 Å². The summed E-state index contributed by atoms with van der Waals surface area (Å²) in [5, 5.41) is 2.97. The van der Waals surface area contributed by atoms with Gasteiger partial charge in [-0.25, -0.2) is 9.18 Å². The molecule has 4 nitrogen and oxygen atoms in total. The summed E-state index contributed by atoms with van der Waals surface area (Å²) in [7, 11) is 0. The first-order valence-electron chi connectivity index (χ1n) is 9.13. The van der Waals surface area contributed by atoms with Crippen LogP contribution < -0.4 is 10.2 Å². The molecule has 1 aliphatic heterocycles. The van der Waals surface area contributed by atoms with Crippen LogP contribution in [-0.4, -0.2) is 43.7 Å². The van der Waals surface area contributed by atoms with Crippen LogP contribution in [0.2, 0.25) is 0 Å². The van der Waals surface area contributed by atoms with Gasteiger partial charge in [0.2, 0.25) is 0 Å². The van der Waals surface area contributed by atoms with E-state index in [1.807, 2.05) is 4.90 Å². The lowest BCUT2D eigenvalue weighted by molar-refractivity contribution is 0.194. The molecule has 0 aliphatic carbocycles. The van der Waals surface area contributed by atoms with Crippen molar-refractivity contribution in [2.24, 2.45) is 0 Å². The summed E-state index contributed by atoms with van der Waals surface area (Å²) < 4.78 is 12.9. The molecule has 2 aromatic carbocycles. The number of benzene rings is 2. The highest BCUT2D eigenvalue weighted by Crippen LogP contribution is 2.23. The summed E-state index contributed by atoms with van der Waals surface area (Å²) in [6.45, 7) is 7.96. The highest BCUT2D eigenvalue weighted by molar-refractivity contribution is 5.74. The summed E-state index contributed by atoms with van der Waals surface area (Å²) in [5.41, 5.74) is 4.89. The Bertz CT molecular complexity index is 752. The van der Waals surface area contributed by atoms with Crippen molar-refractivity contribution in [1.29, 1.82) is 0 Å². The van der Waals surface area contributed by atoms with Gasteiger partial charge < -0.3 is 15.1 Å². The third-order valence-corrected chi connectivity index (χ3v) is 5.09. The number of carbonyl (C=O) groups excluding carboxylic acids is 1. The zero-order valence-electron chi connectivity index (χ0n) is 15.5. The van der Waals surface area contributed by atoms with Gasteiger partial charge in [-0.3, -0.25) is 0 Å². The Hall–Kier alpha value is -2.56. The number of hydrogen-bond donors (Lipinski definition) is 1. The van der Waals surface area contributed by atoms with Gasteiger partial charge in [-0.15, -0.1) is 0 Å². The zero-order valence-corrected chi connectivity index (χ0v) is 15.5. The van der Waals surface area contributed by atoms with Crippen LogP contribution in [0.5, 0.6) is 0 Å². The normalized spacial score (nSPS) is 14.4. The number of halogens is 1. The predicted octanol–water partition coefficient (Wildman–Crippen LogP) is 3.52. The second-order valence-corrected chi connectivity index (χ2v) is 6.80. The maximum absolute atomic E-state index is 12.9. The number of piperazine rings is 1. The minimum Gasteiger partial charge on any atom is -0.368 e. The maximum atomic E-state index is 12.9. The van der Waals surface area contributed by atoms with E-state index in [2.05, 4.69) is 42.3 Å². The van der Waals surface area contributed by atoms with Gasteiger partial charge >= 0.3 is 6.03 Å². The molecule has 1 aliphatic rings. The van der Waals surface area contributed by atoms with Crippen LogP contribution in [-0.2, 0) is 6.42 Å². The zero-order chi connectivity index (χ0) is 18.5. The van der Waals surface area contributed by atoms with Gasteiger partial charge in [-0.1, -0.05) is 24.3 Å². The lowest BCUT2D eigenvalue weighted by Gasteiger charge is -2.37. The maximum Gasteiger partial charge on any atom is 0.317 e. The Morgan fingerprint density at radius 2 is 1.73 bits per heavy atom. The van der Waals surface area contributed by atoms with Crippen molar-refractivity contribution in [3.8, 4) is 0 Å². The minimum absolute atomic E-state index is 0.0206. The summed E-state index contributed by atoms with van der Waals surface area (Å²) >= 11 is 0. The second-order valence-electron chi connectivity index (χ2n) is 6.80. The van der Waals surface area contributed by atoms with Crippen LogP contribution in [0.25, 0.3) is 0 Å². The van der Waals surface area contributed by atoms with Crippen LogP contribution in [0.3, 0.4) is 0 Å². The van der Waals surface area contributed by atoms with Crippen LogP contribution in [0.15, 0.2) is 42.5 Å². The molecule has 138 valence electrons. The summed E-state index contributed by atoms with van der Waals surface area (Å²) in [6.07, 6.45) is 0.703. The van der Waals surface area contributed by atoms with E-state index < -0.39 is 0 Å². The molecule has 0 atom stereocenters. The molecule has 0 saturated carbocycles. The Kier molecular flexibility index (Phi) is 5.76. The number of rotatable bonds is 4. The second kappa shape index (κ2) is 8.21. The molecule has 0 unspecified atom stereocenters. The Balaban J connectivity index is 1.46. The van der Waals surface area contributed by atoms with Crippen LogP contribution in [0.4, 0.5) is 14.9 Å². The molecule has 3 rings (SSSR count). The number of anilines is 1. The van der Waals surface area contributed by atoms with Crippen molar-refractivity contribution >= 4 is 11.7 Å². The fourth-order valence-electron chi connectivity index (χ4n) is 3.31. The number of hydrogen-bond acceptors (Lipinski definition) is 2. The van der Waals surface area contributed by atoms with E-state index in [0.29, 0.717) is 13.0 Å². The first-order valence-corrected chi connectivity index (χ1v) is 9.13. The monoisotopic (exact) mass is 355 g/mol. The van der Waals surface area contributed by atoms with Gasteiger partial charge in [0, 0.05) is 38.4 Å². The van der Waals surface area contributed by atoms with E-state index in [9.17, 15) is 9.18 Å². The van der Waals surface area contributed by atoms with E-state index in [4.69, 9.17) is 0 Å². The number of amides is 2. The van der Waals surface area contributed by atoms with Crippen LogP contribution >= 0.6 is 0 Å².